The van der Waals surface area contributed by atoms with Crippen molar-refractivity contribution in [2.75, 3.05) is 18.1 Å². The maximum absolute atomic E-state index is 11.4. The number of rotatable bonds is 7. The molecule has 1 atom stereocenters. The van der Waals surface area contributed by atoms with Crippen LogP contribution < -0.4 is 10.5 Å². The van der Waals surface area contributed by atoms with Gasteiger partial charge in [0.1, 0.15) is 12.4 Å². The van der Waals surface area contributed by atoms with Crippen LogP contribution in [0.2, 0.25) is 0 Å². The number of ether oxygens (including phenoxy) is 1. The van der Waals surface area contributed by atoms with Crippen LogP contribution in [0.3, 0.4) is 0 Å². The van der Waals surface area contributed by atoms with E-state index in [1.807, 2.05) is 31.2 Å². The average molecular weight is 271 g/mol. The van der Waals surface area contributed by atoms with Crippen molar-refractivity contribution in [2.24, 2.45) is 5.73 Å². The summed E-state index contributed by atoms with van der Waals surface area (Å²) in [6.45, 7) is 3.81. The molecule has 1 unspecified atom stereocenters. The van der Waals surface area contributed by atoms with Crippen LogP contribution in [0.25, 0.3) is 0 Å². The van der Waals surface area contributed by atoms with Crippen LogP contribution in [0.1, 0.15) is 31.9 Å². The van der Waals surface area contributed by atoms with Gasteiger partial charge in [-0.1, -0.05) is 32.0 Å². The van der Waals surface area contributed by atoms with Crippen molar-refractivity contribution >= 4 is 9.84 Å². The van der Waals surface area contributed by atoms with E-state index in [1.165, 1.54) is 0 Å². The molecule has 1 aromatic rings. The highest BCUT2D eigenvalue weighted by Gasteiger charge is 2.11. The van der Waals surface area contributed by atoms with Crippen LogP contribution >= 0.6 is 0 Å². The zero-order valence-electron chi connectivity index (χ0n) is 10.9. The zero-order chi connectivity index (χ0) is 13.6. The molecule has 0 amide bonds. The summed E-state index contributed by atoms with van der Waals surface area (Å²) in [6, 6.07) is 7.42. The van der Waals surface area contributed by atoms with Gasteiger partial charge < -0.3 is 10.5 Å². The Hall–Kier alpha value is -1.07. The van der Waals surface area contributed by atoms with Crippen LogP contribution in [0.4, 0.5) is 0 Å². The van der Waals surface area contributed by atoms with E-state index < -0.39 is 9.84 Å². The monoisotopic (exact) mass is 271 g/mol. The minimum absolute atomic E-state index is 0.0409. The van der Waals surface area contributed by atoms with Gasteiger partial charge in [0.25, 0.3) is 0 Å². The standard InChI is InChI=1S/C13H21NO3S/c1-3-12(14)11-7-5-6-8-13(11)17-9-10-18(15,16)4-2/h5-8,12H,3-4,9-10,14H2,1-2H3. The second kappa shape index (κ2) is 6.75. The highest BCUT2D eigenvalue weighted by molar-refractivity contribution is 7.91. The first kappa shape index (κ1) is 15.0. The highest BCUT2D eigenvalue weighted by Crippen LogP contribution is 2.25. The number of para-hydroxylation sites is 1. The molecule has 102 valence electrons. The molecule has 0 aromatic heterocycles. The zero-order valence-corrected chi connectivity index (χ0v) is 11.7. The Morgan fingerprint density at radius 1 is 1.28 bits per heavy atom. The first-order chi connectivity index (χ1) is 8.50. The molecule has 18 heavy (non-hydrogen) atoms. The molecule has 0 aliphatic heterocycles. The van der Waals surface area contributed by atoms with E-state index in [-0.39, 0.29) is 24.2 Å². The van der Waals surface area contributed by atoms with Crippen LogP contribution in [-0.2, 0) is 9.84 Å². The summed E-state index contributed by atoms with van der Waals surface area (Å²) in [5.41, 5.74) is 6.91. The van der Waals surface area contributed by atoms with Gasteiger partial charge in [0, 0.05) is 17.4 Å². The topological polar surface area (TPSA) is 69.4 Å². The maximum atomic E-state index is 11.4. The van der Waals surface area contributed by atoms with Crippen LogP contribution in [0.5, 0.6) is 5.75 Å². The molecule has 0 aliphatic carbocycles. The highest BCUT2D eigenvalue weighted by atomic mass is 32.2. The van der Waals surface area contributed by atoms with E-state index in [1.54, 1.807) is 6.92 Å². The lowest BCUT2D eigenvalue weighted by Crippen LogP contribution is -2.17. The fourth-order valence-corrected chi connectivity index (χ4v) is 2.19. The van der Waals surface area contributed by atoms with Gasteiger partial charge in [-0.25, -0.2) is 8.42 Å². The van der Waals surface area contributed by atoms with Crippen LogP contribution in [0.15, 0.2) is 24.3 Å². The summed E-state index contributed by atoms with van der Waals surface area (Å²) in [5, 5.41) is 0. The largest absolute Gasteiger partial charge is 0.492 e. The molecule has 4 nitrogen and oxygen atoms in total. The van der Waals surface area contributed by atoms with Crippen molar-refractivity contribution in [1.29, 1.82) is 0 Å². The smallest absolute Gasteiger partial charge is 0.153 e. The van der Waals surface area contributed by atoms with Gasteiger partial charge in [-0.05, 0) is 12.5 Å². The Labute approximate surface area is 109 Å². The summed E-state index contributed by atoms with van der Waals surface area (Å²) in [5.74, 6) is 0.865. The van der Waals surface area contributed by atoms with Gasteiger partial charge in [0.15, 0.2) is 9.84 Å². The van der Waals surface area contributed by atoms with Crippen LogP contribution in [0, 0.1) is 0 Å². The number of nitrogens with two attached hydrogens (primary N) is 1. The lowest BCUT2D eigenvalue weighted by Gasteiger charge is -2.15. The molecule has 1 aromatic carbocycles. The summed E-state index contributed by atoms with van der Waals surface area (Å²) in [7, 11) is -2.98. The maximum Gasteiger partial charge on any atom is 0.153 e. The second-order valence-corrected chi connectivity index (χ2v) is 6.61. The third-order valence-electron chi connectivity index (χ3n) is 2.85. The van der Waals surface area contributed by atoms with Crippen molar-refractivity contribution in [3.8, 4) is 5.75 Å². The molecule has 0 saturated heterocycles. The van der Waals surface area contributed by atoms with Crippen molar-refractivity contribution in [3.63, 3.8) is 0 Å². The quantitative estimate of drug-likeness (QED) is 0.822. The molecular formula is C13H21NO3S. The summed E-state index contributed by atoms with van der Waals surface area (Å²) >= 11 is 0. The predicted octanol–water partition coefficient (Wildman–Crippen LogP) is 1.91. The first-order valence-electron chi connectivity index (χ1n) is 6.18. The molecule has 1 rings (SSSR count). The van der Waals surface area contributed by atoms with E-state index in [0.29, 0.717) is 5.75 Å². The van der Waals surface area contributed by atoms with E-state index in [4.69, 9.17) is 10.5 Å². The molecule has 0 radical (unpaired) electrons. The number of hydrogen-bond acceptors (Lipinski definition) is 4. The van der Waals surface area contributed by atoms with E-state index in [2.05, 4.69) is 0 Å². The molecule has 0 heterocycles. The molecular weight excluding hydrogens is 250 g/mol. The minimum Gasteiger partial charge on any atom is -0.492 e. The van der Waals surface area contributed by atoms with E-state index in [0.717, 1.165) is 12.0 Å². The van der Waals surface area contributed by atoms with E-state index >= 15 is 0 Å². The van der Waals surface area contributed by atoms with Crippen molar-refractivity contribution in [1.82, 2.24) is 0 Å². The van der Waals surface area contributed by atoms with Gasteiger partial charge in [-0.15, -0.1) is 0 Å². The van der Waals surface area contributed by atoms with Gasteiger partial charge in [0.2, 0.25) is 0 Å². The van der Waals surface area contributed by atoms with Crippen LogP contribution in [-0.4, -0.2) is 26.5 Å². The second-order valence-electron chi connectivity index (χ2n) is 4.14. The molecule has 0 bridgehead atoms. The summed E-state index contributed by atoms with van der Waals surface area (Å²) < 4.78 is 28.3. The van der Waals surface area contributed by atoms with Crippen molar-refractivity contribution in [3.05, 3.63) is 29.8 Å². The molecule has 5 heteroatoms. The van der Waals surface area contributed by atoms with Gasteiger partial charge in [-0.3, -0.25) is 0 Å². The number of sulfone groups is 1. The van der Waals surface area contributed by atoms with Crippen molar-refractivity contribution < 1.29 is 13.2 Å². The SMILES string of the molecule is CCC(N)c1ccccc1OCCS(=O)(=O)CC. The third kappa shape index (κ3) is 4.31. The fraction of sp³-hybridized carbons (Fsp3) is 0.538. The lowest BCUT2D eigenvalue weighted by atomic mass is 10.0. The van der Waals surface area contributed by atoms with Gasteiger partial charge >= 0.3 is 0 Å². The third-order valence-corrected chi connectivity index (χ3v) is 4.52. The molecule has 0 spiro atoms. The normalized spacial score (nSPS) is 13.3. The Bertz CT molecular complexity index is 471. The molecule has 0 aliphatic rings. The van der Waals surface area contributed by atoms with E-state index in [9.17, 15) is 8.42 Å². The molecule has 0 fully saturated rings. The summed E-state index contributed by atoms with van der Waals surface area (Å²) in [4.78, 5) is 0. The predicted molar refractivity (Wildman–Crippen MR) is 73.5 cm³/mol. The van der Waals surface area contributed by atoms with Gasteiger partial charge in [0.05, 0.1) is 5.75 Å². The Balaban J connectivity index is 2.68. The molecule has 0 saturated carbocycles. The lowest BCUT2D eigenvalue weighted by molar-refractivity contribution is 0.334. The Morgan fingerprint density at radius 3 is 2.56 bits per heavy atom. The fourth-order valence-electron chi connectivity index (χ4n) is 1.56. The number of benzene rings is 1. The minimum atomic E-state index is -2.98. The van der Waals surface area contributed by atoms with Gasteiger partial charge in [-0.2, -0.15) is 0 Å². The Morgan fingerprint density at radius 2 is 1.94 bits per heavy atom. The number of hydrogen-bond donors (Lipinski definition) is 1. The Kier molecular flexibility index (Phi) is 5.62. The van der Waals surface area contributed by atoms with Crippen molar-refractivity contribution in [2.45, 2.75) is 26.3 Å². The summed E-state index contributed by atoms with van der Waals surface area (Å²) in [6.07, 6.45) is 0.813. The first-order valence-corrected chi connectivity index (χ1v) is 8.00. The molecule has 2 N–H and O–H groups in total. The average Bonchev–Trinajstić information content (AvgIpc) is 2.38.